The van der Waals surface area contributed by atoms with Crippen LogP contribution in [-0.2, 0) is 0 Å². The fraction of sp³-hybridized carbons (Fsp3) is 0.250. The molecule has 3 nitrogen and oxygen atoms in total. The molecule has 3 heteroatoms. The van der Waals surface area contributed by atoms with Crippen LogP contribution in [-0.4, -0.2) is 12.1 Å². The van der Waals surface area contributed by atoms with Crippen LogP contribution in [0.1, 0.15) is 13.8 Å². The zero-order chi connectivity index (χ0) is 11.1. The Morgan fingerprint density at radius 1 is 1.13 bits per heavy atom. The minimum atomic E-state index is 0.627. The van der Waals surface area contributed by atoms with Crippen molar-refractivity contribution in [1.29, 1.82) is 0 Å². The average molecular weight is 205 g/mol. The fourth-order valence-corrected chi connectivity index (χ4v) is 1.10. The highest BCUT2D eigenvalue weighted by Crippen LogP contribution is 2.20. The lowest BCUT2D eigenvalue weighted by Gasteiger charge is -1.99. The van der Waals surface area contributed by atoms with Crippen LogP contribution in [0.3, 0.4) is 0 Å². The molecule has 80 valence electrons. The third kappa shape index (κ3) is 2.84. The molecule has 0 fully saturated rings. The molecule has 0 saturated heterocycles. The predicted molar refractivity (Wildman–Crippen MR) is 59.8 cm³/mol. The number of benzene rings is 1. The first-order valence-corrected chi connectivity index (χ1v) is 4.94. The smallest absolute Gasteiger partial charge is 0.225 e. The molecule has 1 aromatic carbocycles. The van der Waals surface area contributed by atoms with E-state index in [0.717, 1.165) is 11.3 Å². The molecule has 2 rings (SSSR count). The second kappa shape index (κ2) is 5.86. The Morgan fingerprint density at radius 2 is 1.80 bits per heavy atom. The van der Waals surface area contributed by atoms with E-state index in [9.17, 15) is 0 Å². The maximum Gasteiger partial charge on any atom is 0.225 e. The SMILES string of the molecule is CC.COc1ccc(-c2ncco2)cc1. The summed E-state index contributed by atoms with van der Waals surface area (Å²) in [4.78, 5) is 4.03. The van der Waals surface area contributed by atoms with Crippen molar-refractivity contribution in [1.82, 2.24) is 4.98 Å². The normalized spacial score (nSPS) is 9.00. The number of aromatic nitrogens is 1. The Balaban J connectivity index is 0.000000531. The molecule has 0 N–H and O–H groups in total. The van der Waals surface area contributed by atoms with Gasteiger partial charge >= 0.3 is 0 Å². The monoisotopic (exact) mass is 205 g/mol. The lowest BCUT2D eigenvalue weighted by molar-refractivity contribution is 0.415. The van der Waals surface area contributed by atoms with Crippen LogP contribution in [0.4, 0.5) is 0 Å². The average Bonchev–Trinajstić information content (AvgIpc) is 2.85. The van der Waals surface area contributed by atoms with Gasteiger partial charge in [0.15, 0.2) is 0 Å². The number of hydrogen-bond donors (Lipinski definition) is 0. The van der Waals surface area contributed by atoms with Gasteiger partial charge in [0.1, 0.15) is 12.0 Å². The summed E-state index contributed by atoms with van der Waals surface area (Å²) in [6.07, 6.45) is 3.18. The van der Waals surface area contributed by atoms with Crippen molar-refractivity contribution in [2.45, 2.75) is 13.8 Å². The first-order chi connectivity index (χ1) is 7.40. The van der Waals surface area contributed by atoms with E-state index >= 15 is 0 Å². The number of ether oxygens (including phenoxy) is 1. The summed E-state index contributed by atoms with van der Waals surface area (Å²) >= 11 is 0. The maximum atomic E-state index is 5.14. The highest BCUT2D eigenvalue weighted by molar-refractivity contribution is 5.54. The zero-order valence-corrected chi connectivity index (χ0v) is 9.23. The highest BCUT2D eigenvalue weighted by Gasteiger charge is 2.00. The molecule has 0 bridgehead atoms. The van der Waals surface area contributed by atoms with Gasteiger partial charge in [0.05, 0.1) is 13.3 Å². The Bertz CT molecular complexity index is 365. The van der Waals surface area contributed by atoms with Crippen molar-refractivity contribution in [2.24, 2.45) is 0 Å². The third-order valence-corrected chi connectivity index (χ3v) is 1.77. The van der Waals surface area contributed by atoms with Gasteiger partial charge in [-0.2, -0.15) is 0 Å². The van der Waals surface area contributed by atoms with Crippen LogP contribution in [0.5, 0.6) is 5.75 Å². The van der Waals surface area contributed by atoms with Crippen LogP contribution in [0.25, 0.3) is 11.5 Å². The Hall–Kier alpha value is -1.77. The molecule has 0 unspecified atom stereocenters. The molecule has 1 heterocycles. The molecule has 0 atom stereocenters. The van der Waals surface area contributed by atoms with E-state index in [0.29, 0.717) is 5.89 Å². The second-order valence-corrected chi connectivity index (χ2v) is 2.57. The van der Waals surface area contributed by atoms with Gasteiger partial charge in [-0.15, -0.1) is 0 Å². The van der Waals surface area contributed by atoms with E-state index in [1.165, 1.54) is 0 Å². The van der Waals surface area contributed by atoms with E-state index in [2.05, 4.69) is 4.98 Å². The summed E-state index contributed by atoms with van der Waals surface area (Å²) in [5, 5.41) is 0. The number of rotatable bonds is 2. The van der Waals surface area contributed by atoms with E-state index in [-0.39, 0.29) is 0 Å². The third-order valence-electron chi connectivity index (χ3n) is 1.77. The van der Waals surface area contributed by atoms with Crippen LogP contribution < -0.4 is 4.74 Å². The molecule has 0 saturated carbocycles. The quantitative estimate of drug-likeness (QED) is 0.753. The second-order valence-electron chi connectivity index (χ2n) is 2.57. The first-order valence-electron chi connectivity index (χ1n) is 4.94. The van der Waals surface area contributed by atoms with Gasteiger partial charge in [-0.1, -0.05) is 13.8 Å². The Kier molecular flexibility index (Phi) is 4.41. The maximum absolute atomic E-state index is 5.14. The van der Waals surface area contributed by atoms with Gasteiger partial charge in [0, 0.05) is 5.56 Å². The standard InChI is InChI=1S/C10H9NO2.C2H6/c1-12-9-4-2-8(3-5-9)10-11-6-7-13-10;1-2/h2-7H,1H3;1-2H3. The van der Waals surface area contributed by atoms with Crippen molar-refractivity contribution >= 4 is 0 Å². The number of oxazole rings is 1. The number of hydrogen-bond acceptors (Lipinski definition) is 3. The molecule has 1 aromatic heterocycles. The minimum absolute atomic E-state index is 0.627. The molecule has 0 aliphatic rings. The summed E-state index contributed by atoms with van der Waals surface area (Å²) in [6, 6.07) is 7.56. The molecule has 0 aliphatic heterocycles. The van der Waals surface area contributed by atoms with Crippen LogP contribution in [0, 0.1) is 0 Å². The number of nitrogens with zero attached hydrogens (tertiary/aromatic N) is 1. The van der Waals surface area contributed by atoms with E-state index in [1.54, 1.807) is 19.6 Å². The van der Waals surface area contributed by atoms with Gasteiger partial charge in [-0.05, 0) is 24.3 Å². The van der Waals surface area contributed by atoms with Gasteiger partial charge in [-0.3, -0.25) is 0 Å². The van der Waals surface area contributed by atoms with Gasteiger partial charge in [-0.25, -0.2) is 4.98 Å². The summed E-state index contributed by atoms with van der Waals surface area (Å²) in [5.41, 5.74) is 0.950. The lowest BCUT2D eigenvalue weighted by Crippen LogP contribution is -1.82. The fourth-order valence-electron chi connectivity index (χ4n) is 1.10. The van der Waals surface area contributed by atoms with E-state index in [1.807, 2.05) is 38.1 Å². The van der Waals surface area contributed by atoms with Crippen molar-refractivity contribution in [3.8, 4) is 17.2 Å². The topological polar surface area (TPSA) is 35.3 Å². The predicted octanol–water partition coefficient (Wildman–Crippen LogP) is 3.38. The van der Waals surface area contributed by atoms with Crippen molar-refractivity contribution in [3.63, 3.8) is 0 Å². The Labute approximate surface area is 89.7 Å². The summed E-state index contributed by atoms with van der Waals surface area (Å²) < 4.78 is 10.2. The van der Waals surface area contributed by atoms with Gasteiger partial charge < -0.3 is 9.15 Å². The molecule has 0 aliphatic carbocycles. The van der Waals surface area contributed by atoms with Crippen LogP contribution in [0.2, 0.25) is 0 Å². The minimum Gasteiger partial charge on any atom is -0.497 e. The summed E-state index contributed by atoms with van der Waals surface area (Å²) in [7, 11) is 1.64. The summed E-state index contributed by atoms with van der Waals surface area (Å²) in [6.45, 7) is 4.00. The lowest BCUT2D eigenvalue weighted by atomic mass is 10.2. The molecule has 0 radical (unpaired) electrons. The molecular formula is C12H15NO2. The molecule has 15 heavy (non-hydrogen) atoms. The summed E-state index contributed by atoms with van der Waals surface area (Å²) in [5.74, 6) is 1.46. The van der Waals surface area contributed by atoms with E-state index in [4.69, 9.17) is 9.15 Å². The zero-order valence-electron chi connectivity index (χ0n) is 9.23. The van der Waals surface area contributed by atoms with Crippen molar-refractivity contribution in [2.75, 3.05) is 7.11 Å². The molecule has 0 amide bonds. The molecular weight excluding hydrogens is 190 g/mol. The van der Waals surface area contributed by atoms with Crippen LogP contribution in [0.15, 0.2) is 41.1 Å². The number of methoxy groups -OCH3 is 1. The Morgan fingerprint density at radius 3 is 2.27 bits per heavy atom. The highest BCUT2D eigenvalue weighted by atomic mass is 16.5. The van der Waals surface area contributed by atoms with Gasteiger partial charge in [0.2, 0.25) is 5.89 Å². The first kappa shape index (κ1) is 11.3. The van der Waals surface area contributed by atoms with E-state index < -0.39 is 0 Å². The molecule has 2 aromatic rings. The molecule has 0 spiro atoms. The van der Waals surface area contributed by atoms with Crippen molar-refractivity contribution in [3.05, 3.63) is 36.7 Å². The van der Waals surface area contributed by atoms with Crippen LogP contribution >= 0.6 is 0 Å². The van der Waals surface area contributed by atoms with Gasteiger partial charge in [0.25, 0.3) is 0 Å². The largest absolute Gasteiger partial charge is 0.497 e. The van der Waals surface area contributed by atoms with Crippen molar-refractivity contribution < 1.29 is 9.15 Å².